The molecule has 0 radical (unpaired) electrons. The molecule has 0 aliphatic carbocycles. The van der Waals surface area contributed by atoms with Crippen molar-refractivity contribution in [3.05, 3.63) is 29.6 Å². The Labute approximate surface area is 232 Å². The van der Waals surface area contributed by atoms with E-state index in [0.717, 1.165) is 21.9 Å². The molecule has 2 aliphatic rings. The highest BCUT2D eigenvalue weighted by atomic mass is 19.1. The highest BCUT2D eigenvalue weighted by Crippen LogP contribution is 2.24. The summed E-state index contributed by atoms with van der Waals surface area (Å²) in [5, 5.41) is 12.3. The van der Waals surface area contributed by atoms with E-state index in [0.29, 0.717) is 13.1 Å². The van der Waals surface area contributed by atoms with Gasteiger partial charge in [-0.15, -0.1) is 0 Å². The van der Waals surface area contributed by atoms with Crippen LogP contribution in [0.2, 0.25) is 0 Å². The Kier molecular flexibility index (Phi) is 10.3. The number of halogens is 1. The number of piperazine rings is 1. The van der Waals surface area contributed by atoms with Crippen LogP contribution in [-0.4, -0.2) is 145 Å². The Morgan fingerprint density at radius 2 is 1.88 bits per heavy atom. The fourth-order valence-electron chi connectivity index (χ4n) is 4.67. The normalized spacial score (nSPS) is 21.3. The van der Waals surface area contributed by atoms with Crippen molar-refractivity contribution in [3.63, 3.8) is 0 Å². The van der Waals surface area contributed by atoms with Gasteiger partial charge in [0.25, 0.3) is 5.91 Å². The van der Waals surface area contributed by atoms with Crippen molar-refractivity contribution in [2.45, 2.75) is 24.9 Å². The second-order valence-electron chi connectivity index (χ2n) is 10.2. The van der Waals surface area contributed by atoms with E-state index >= 15 is 0 Å². The number of nitrogens with one attached hydrogen (secondary N) is 1. The number of carboxylic acid groups (broad SMARTS) is 1. The molecule has 2 aliphatic heterocycles. The predicted molar refractivity (Wildman–Crippen MR) is 141 cm³/mol. The molecular weight excluding hydrogens is 527 g/mol. The summed E-state index contributed by atoms with van der Waals surface area (Å²) in [5.41, 5.74) is -0.143. The number of hydrogen-bond donors (Lipinski definition) is 2. The molecular formula is C26H37FN6O7. The van der Waals surface area contributed by atoms with Gasteiger partial charge >= 0.3 is 6.09 Å². The van der Waals surface area contributed by atoms with Crippen molar-refractivity contribution in [3.8, 4) is 5.75 Å². The highest BCUT2D eigenvalue weighted by Gasteiger charge is 2.35. The standard InChI is InChI=1S/C26H37FN6O7/c1-29(2)10-9-28-24(36)20-6-8-22(34)30(3)15-23(35)33-12-11-32(26(38)39)14-18(33)16-40-21-7-5-17(27)13-19(21)25(37)31(20)4/h5,7,13,18,20H,6,8-12,14-16H2,1-4H3,(H,28,36)(H,38,39)/t18-,20-/m0/s1. The second kappa shape index (κ2) is 13.4. The first kappa shape index (κ1) is 30.6. The van der Waals surface area contributed by atoms with Gasteiger partial charge in [-0.3, -0.25) is 19.2 Å². The van der Waals surface area contributed by atoms with Crippen LogP contribution < -0.4 is 10.1 Å². The Morgan fingerprint density at radius 3 is 2.55 bits per heavy atom. The lowest BCUT2D eigenvalue weighted by Gasteiger charge is -2.40. The molecule has 0 spiro atoms. The molecule has 220 valence electrons. The van der Waals surface area contributed by atoms with Crippen LogP contribution >= 0.6 is 0 Å². The van der Waals surface area contributed by atoms with Crippen molar-refractivity contribution in [1.29, 1.82) is 0 Å². The van der Waals surface area contributed by atoms with Crippen LogP contribution in [0.1, 0.15) is 23.2 Å². The zero-order valence-electron chi connectivity index (χ0n) is 23.3. The molecule has 1 saturated heterocycles. The Bertz CT molecular complexity index is 1130. The molecule has 0 saturated carbocycles. The molecule has 40 heavy (non-hydrogen) atoms. The minimum Gasteiger partial charge on any atom is -0.491 e. The van der Waals surface area contributed by atoms with Gasteiger partial charge in [-0.1, -0.05) is 0 Å². The van der Waals surface area contributed by atoms with Crippen LogP contribution in [0.25, 0.3) is 0 Å². The van der Waals surface area contributed by atoms with Gasteiger partial charge in [-0.2, -0.15) is 0 Å². The zero-order chi connectivity index (χ0) is 29.6. The molecule has 1 aromatic rings. The third kappa shape index (κ3) is 7.58. The van der Waals surface area contributed by atoms with Gasteiger partial charge in [0.15, 0.2) is 0 Å². The monoisotopic (exact) mass is 564 g/mol. The number of carbonyl (C=O) groups is 5. The SMILES string of the molecule is CN(C)CCNC(=O)[C@@H]1CCC(=O)N(C)CC(=O)N2CCN(C(=O)O)C[C@H]2COc2ccc(F)cc2C(=O)N1C. The van der Waals surface area contributed by atoms with E-state index < -0.39 is 47.6 Å². The Morgan fingerprint density at radius 1 is 1.15 bits per heavy atom. The maximum atomic E-state index is 14.3. The number of ether oxygens (including phenoxy) is 1. The lowest BCUT2D eigenvalue weighted by molar-refractivity contribution is -0.143. The summed E-state index contributed by atoms with van der Waals surface area (Å²) >= 11 is 0. The zero-order valence-corrected chi connectivity index (χ0v) is 23.3. The molecule has 2 N–H and O–H groups in total. The van der Waals surface area contributed by atoms with Crippen molar-refractivity contribution >= 4 is 29.7 Å². The Balaban J connectivity index is 1.97. The summed E-state index contributed by atoms with van der Waals surface area (Å²) in [6.45, 7) is 0.567. The number of hydrogen-bond acceptors (Lipinski definition) is 7. The van der Waals surface area contributed by atoms with E-state index in [4.69, 9.17) is 4.74 Å². The summed E-state index contributed by atoms with van der Waals surface area (Å²) in [6.07, 6.45) is -1.31. The maximum Gasteiger partial charge on any atom is 0.407 e. The van der Waals surface area contributed by atoms with Gasteiger partial charge in [0.1, 0.15) is 24.2 Å². The third-order valence-corrected chi connectivity index (χ3v) is 7.06. The summed E-state index contributed by atoms with van der Waals surface area (Å²) < 4.78 is 20.2. The number of nitrogens with zero attached hydrogens (tertiary/aromatic N) is 5. The van der Waals surface area contributed by atoms with Gasteiger partial charge in [0.05, 0.1) is 18.2 Å². The molecule has 0 aromatic heterocycles. The number of fused-ring (bicyclic) bond motifs is 2. The molecule has 14 heteroatoms. The predicted octanol–water partition coefficient (Wildman–Crippen LogP) is -0.234. The first-order chi connectivity index (χ1) is 18.9. The fraction of sp³-hybridized carbons (Fsp3) is 0.577. The minimum absolute atomic E-state index is 0.0212. The molecule has 0 unspecified atom stereocenters. The van der Waals surface area contributed by atoms with Crippen LogP contribution in [-0.2, 0) is 14.4 Å². The highest BCUT2D eigenvalue weighted by molar-refractivity contribution is 5.99. The molecule has 2 heterocycles. The summed E-state index contributed by atoms with van der Waals surface area (Å²) in [4.78, 5) is 71.4. The number of amides is 5. The van der Waals surface area contributed by atoms with Crippen LogP contribution in [0.5, 0.6) is 5.75 Å². The molecule has 13 nitrogen and oxygen atoms in total. The lowest BCUT2D eigenvalue weighted by atomic mass is 10.1. The summed E-state index contributed by atoms with van der Waals surface area (Å²) in [5.74, 6) is -2.64. The average Bonchev–Trinajstić information content (AvgIpc) is 2.90. The van der Waals surface area contributed by atoms with E-state index in [1.165, 1.54) is 30.0 Å². The van der Waals surface area contributed by atoms with Crippen molar-refractivity contribution in [1.82, 2.24) is 29.8 Å². The molecule has 1 aromatic carbocycles. The van der Waals surface area contributed by atoms with Crippen LogP contribution in [0.4, 0.5) is 9.18 Å². The van der Waals surface area contributed by atoms with Crippen LogP contribution in [0.3, 0.4) is 0 Å². The smallest absolute Gasteiger partial charge is 0.407 e. The van der Waals surface area contributed by atoms with E-state index in [1.54, 1.807) is 0 Å². The second-order valence-corrected chi connectivity index (χ2v) is 10.2. The van der Waals surface area contributed by atoms with E-state index in [1.807, 2.05) is 19.0 Å². The first-order valence-electron chi connectivity index (χ1n) is 13.0. The average molecular weight is 565 g/mol. The van der Waals surface area contributed by atoms with Crippen molar-refractivity contribution in [2.24, 2.45) is 0 Å². The quantitative estimate of drug-likeness (QED) is 0.511. The number of likely N-dealkylation sites (N-methyl/N-ethyl adjacent to an activating group) is 3. The lowest BCUT2D eigenvalue weighted by Crippen LogP contribution is -2.59. The Hall–Kier alpha value is -3.94. The molecule has 3 rings (SSSR count). The molecule has 2 atom stereocenters. The maximum absolute atomic E-state index is 14.3. The van der Waals surface area contributed by atoms with E-state index in [9.17, 15) is 33.5 Å². The fourth-order valence-corrected chi connectivity index (χ4v) is 4.67. The third-order valence-electron chi connectivity index (χ3n) is 7.06. The molecule has 1 fully saturated rings. The van der Waals surface area contributed by atoms with Gasteiger partial charge in [-0.25, -0.2) is 9.18 Å². The minimum atomic E-state index is -1.15. The van der Waals surface area contributed by atoms with E-state index in [2.05, 4.69) is 5.32 Å². The summed E-state index contributed by atoms with van der Waals surface area (Å²) in [6, 6.07) is 1.63. The van der Waals surface area contributed by atoms with Crippen LogP contribution in [0, 0.1) is 5.82 Å². The van der Waals surface area contributed by atoms with Gasteiger partial charge in [0, 0.05) is 53.2 Å². The van der Waals surface area contributed by atoms with Crippen LogP contribution in [0.15, 0.2) is 18.2 Å². The topological polar surface area (TPSA) is 143 Å². The number of benzene rings is 1. The van der Waals surface area contributed by atoms with Gasteiger partial charge < -0.3 is 39.7 Å². The number of carbonyl (C=O) groups excluding carboxylic acids is 4. The summed E-state index contributed by atoms with van der Waals surface area (Å²) in [7, 11) is 6.56. The van der Waals surface area contributed by atoms with Crippen molar-refractivity contribution in [2.75, 3.05) is 74.1 Å². The number of rotatable bonds is 4. The molecule has 5 amide bonds. The first-order valence-corrected chi connectivity index (χ1v) is 13.0. The van der Waals surface area contributed by atoms with Gasteiger partial charge in [0.2, 0.25) is 17.7 Å². The largest absolute Gasteiger partial charge is 0.491 e. The van der Waals surface area contributed by atoms with Gasteiger partial charge in [-0.05, 0) is 38.7 Å². The van der Waals surface area contributed by atoms with Crippen molar-refractivity contribution < 1.29 is 38.2 Å². The molecule has 0 bridgehead atoms. The van der Waals surface area contributed by atoms with E-state index in [-0.39, 0.29) is 56.9 Å².